The third-order valence-electron chi connectivity index (χ3n) is 3.82. The molecule has 0 fully saturated rings. The molecule has 0 aliphatic heterocycles. The quantitative estimate of drug-likeness (QED) is 0.706. The average Bonchev–Trinajstić information content (AvgIpc) is 2.59. The number of nitrogens with zero attached hydrogens (tertiary/aromatic N) is 1. The fourth-order valence-electron chi connectivity index (χ4n) is 2.59. The molecule has 2 aromatic carbocycles. The first-order valence-corrected chi connectivity index (χ1v) is 7.69. The predicted molar refractivity (Wildman–Crippen MR) is 92.5 cm³/mol. The summed E-state index contributed by atoms with van der Waals surface area (Å²) in [5, 5.41) is 0.383. The van der Waals surface area contributed by atoms with Crippen LogP contribution in [-0.2, 0) is 0 Å². The molecule has 126 valence electrons. The fraction of sp³-hybridized carbons (Fsp3) is 0.105. The maximum atomic E-state index is 13.5. The number of carbonyl (C=O) groups excluding carboxylic acids is 2. The topological polar surface area (TPSA) is 71.1 Å². The molecule has 6 heteroatoms. The maximum Gasteiger partial charge on any atom is 0.270 e. The van der Waals surface area contributed by atoms with E-state index >= 15 is 0 Å². The molecule has 0 saturated carbocycles. The van der Waals surface area contributed by atoms with E-state index in [9.17, 15) is 14.0 Å². The third-order valence-corrected chi connectivity index (χ3v) is 3.82. The minimum absolute atomic E-state index is 0.243. The summed E-state index contributed by atoms with van der Waals surface area (Å²) in [4.78, 5) is 28.9. The SMILES string of the molecule is Cc1cc(C(=O)NNC(=O)c2ccccc2C)c2cc(F)ccc2n1. The second-order valence-electron chi connectivity index (χ2n) is 5.70. The van der Waals surface area contributed by atoms with E-state index < -0.39 is 17.6 Å². The number of amides is 2. The Kier molecular flexibility index (Phi) is 4.43. The highest BCUT2D eigenvalue weighted by atomic mass is 19.1. The molecule has 0 aliphatic rings. The van der Waals surface area contributed by atoms with Crippen molar-refractivity contribution in [1.82, 2.24) is 15.8 Å². The number of aryl methyl sites for hydroxylation is 2. The number of rotatable bonds is 2. The monoisotopic (exact) mass is 337 g/mol. The molecular formula is C19H16FN3O2. The summed E-state index contributed by atoms with van der Waals surface area (Å²) in [5.74, 6) is -1.42. The summed E-state index contributed by atoms with van der Waals surface area (Å²) in [6, 6.07) is 12.6. The lowest BCUT2D eigenvalue weighted by Crippen LogP contribution is -2.42. The van der Waals surface area contributed by atoms with Gasteiger partial charge in [0.05, 0.1) is 11.1 Å². The molecule has 0 saturated heterocycles. The molecule has 0 bridgehead atoms. The molecule has 1 aromatic heterocycles. The molecule has 0 unspecified atom stereocenters. The van der Waals surface area contributed by atoms with Gasteiger partial charge >= 0.3 is 0 Å². The van der Waals surface area contributed by atoms with Crippen molar-refractivity contribution in [1.29, 1.82) is 0 Å². The number of pyridine rings is 1. The largest absolute Gasteiger partial charge is 0.270 e. The Labute approximate surface area is 143 Å². The fourth-order valence-corrected chi connectivity index (χ4v) is 2.59. The summed E-state index contributed by atoms with van der Waals surface area (Å²) in [7, 11) is 0. The van der Waals surface area contributed by atoms with Gasteiger partial charge in [-0.3, -0.25) is 25.4 Å². The van der Waals surface area contributed by atoms with Gasteiger partial charge in [-0.15, -0.1) is 0 Å². The van der Waals surface area contributed by atoms with Crippen LogP contribution in [0.1, 0.15) is 32.0 Å². The number of hydrogen-bond donors (Lipinski definition) is 2. The van der Waals surface area contributed by atoms with Crippen LogP contribution >= 0.6 is 0 Å². The summed E-state index contributed by atoms with van der Waals surface area (Å²) in [5.41, 5.74) is 7.39. The van der Waals surface area contributed by atoms with Crippen molar-refractivity contribution < 1.29 is 14.0 Å². The van der Waals surface area contributed by atoms with Crippen molar-refractivity contribution in [2.75, 3.05) is 0 Å². The highest BCUT2D eigenvalue weighted by molar-refractivity contribution is 6.07. The Morgan fingerprint density at radius 2 is 1.60 bits per heavy atom. The van der Waals surface area contributed by atoms with E-state index in [1.54, 1.807) is 38.1 Å². The number of halogens is 1. The molecule has 5 nitrogen and oxygen atoms in total. The zero-order valence-electron chi connectivity index (χ0n) is 13.8. The lowest BCUT2D eigenvalue weighted by molar-refractivity contribution is 0.0847. The van der Waals surface area contributed by atoms with E-state index in [0.717, 1.165) is 5.56 Å². The normalized spacial score (nSPS) is 10.5. The standard InChI is InChI=1S/C19H16FN3O2/c1-11-5-3-4-6-14(11)18(24)22-23-19(25)16-9-12(2)21-17-8-7-13(20)10-15(16)17/h3-10H,1-2H3,(H,22,24)(H,23,25). The van der Waals surface area contributed by atoms with Crippen LogP contribution in [0.25, 0.3) is 10.9 Å². The van der Waals surface area contributed by atoms with Gasteiger partial charge in [-0.05, 0) is 49.7 Å². The summed E-state index contributed by atoms with van der Waals surface area (Å²) in [6.45, 7) is 3.55. The lowest BCUT2D eigenvalue weighted by Gasteiger charge is -2.11. The van der Waals surface area contributed by atoms with E-state index in [-0.39, 0.29) is 5.56 Å². The van der Waals surface area contributed by atoms with Crippen LogP contribution < -0.4 is 10.9 Å². The lowest BCUT2D eigenvalue weighted by atomic mass is 10.1. The molecule has 0 atom stereocenters. The van der Waals surface area contributed by atoms with Crippen LogP contribution in [0.3, 0.4) is 0 Å². The first-order valence-electron chi connectivity index (χ1n) is 7.69. The molecule has 3 aromatic rings. The Morgan fingerprint density at radius 1 is 0.920 bits per heavy atom. The molecule has 2 N–H and O–H groups in total. The van der Waals surface area contributed by atoms with Crippen LogP contribution in [0.2, 0.25) is 0 Å². The number of hydrogen-bond acceptors (Lipinski definition) is 3. The Balaban J connectivity index is 1.84. The van der Waals surface area contributed by atoms with Crippen molar-refractivity contribution >= 4 is 22.7 Å². The van der Waals surface area contributed by atoms with E-state index in [2.05, 4.69) is 15.8 Å². The number of hydrazine groups is 1. The van der Waals surface area contributed by atoms with Crippen molar-refractivity contribution in [3.05, 3.63) is 76.7 Å². The van der Waals surface area contributed by atoms with Crippen LogP contribution in [0.5, 0.6) is 0 Å². The van der Waals surface area contributed by atoms with E-state index in [1.807, 2.05) is 6.07 Å². The van der Waals surface area contributed by atoms with Gasteiger partial charge in [0.15, 0.2) is 0 Å². The maximum absolute atomic E-state index is 13.5. The summed E-state index contributed by atoms with van der Waals surface area (Å²) >= 11 is 0. The van der Waals surface area contributed by atoms with Gasteiger partial charge < -0.3 is 0 Å². The molecule has 3 rings (SSSR count). The second kappa shape index (κ2) is 6.68. The molecule has 0 spiro atoms. The average molecular weight is 337 g/mol. The summed E-state index contributed by atoms with van der Waals surface area (Å²) < 4.78 is 13.5. The zero-order chi connectivity index (χ0) is 18.0. The highest BCUT2D eigenvalue weighted by Gasteiger charge is 2.15. The number of nitrogens with one attached hydrogen (secondary N) is 2. The zero-order valence-corrected chi connectivity index (χ0v) is 13.8. The first kappa shape index (κ1) is 16.6. The molecule has 25 heavy (non-hydrogen) atoms. The number of benzene rings is 2. The van der Waals surface area contributed by atoms with Gasteiger partial charge in [0.1, 0.15) is 5.82 Å². The third kappa shape index (κ3) is 3.47. The van der Waals surface area contributed by atoms with Crippen LogP contribution in [-0.4, -0.2) is 16.8 Å². The Hall–Kier alpha value is -3.28. The van der Waals surface area contributed by atoms with Gasteiger partial charge in [-0.25, -0.2) is 4.39 Å². The smallest absolute Gasteiger partial charge is 0.267 e. The van der Waals surface area contributed by atoms with Gasteiger partial charge in [-0.2, -0.15) is 0 Å². The van der Waals surface area contributed by atoms with Crippen LogP contribution in [0.15, 0.2) is 48.5 Å². The van der Waals surface area contributed by atoms with Crippen LogP contribution in [0, 0.1) is 19.7 Å². The number of carbonyl (C=O) groups is 2. The number of fused-ring (bicyclic) bond motifs is 1. The summed E-state index contributed by atoms with van der Waals surface area (Å²) in [6.07, 6.45) is 0. The van der Waals surface area contributed by atoms with E-state index in [0.29, 0.717) is 22.2 Å². The minimum atomic E-state index is -0.539. The van der Waals surface area contributed by atoms with Crippen molar-refractivity contribution in [3.63, 3.8) is 0 Å². The second-order valence-corrected chi connectivity index (χ2v) is 5.70. The van der Waals surface area contributed by atoms with Gasteiger partial charge in [-0.1, -0.05) is 18.2 Å². The van der Waals surface area contributed by atoms with Crippen molar-refractivity contribution in [2.45, 2.75) is 13.8 Å². The van der Waals surface area contributed by atoms with Gasteiger partial charge in [0.25, 0.3) is 11.8 Å². The molecular weight excluding hydrogens is 321 g/mol. The number of aromatic nitrogens is 1. The molecule has 2 amide bonds. The Morgan fingerprint density at radius 3 is 2.32 bits per heavy atom. The van der Waals surface area contributed by atoms with Crippen molar-refractivity contribution in [2.24, 2.45) is 0 Å². The first-order chi connectivity index (χ1) is 12.0. The minimum Gasteiger partial charge on any atom is -0.267 e. The van der Waals surface area contributed by atoms with Gasteiger partial charge in [0.2, 0.25) is 0 Å². The predicted octanol–water partition coefficient (Wildman–Crippen LogP) is 3.07. The molecule has 0 radical (unpaired) electrons. The van der Waals surface area contributed by atoms with Gasteiger partial charge in [0, 0.05) is 16.6 Å². The highest BCUT2D eigenvalue weighted by Crippen LogP contribution is 2.19. The van der Waals surface area contributed by atoms with E-state index in [1.165, 1.54) is 18.2 Å². The Bertz CT molecular complexity index is 986. The van der Waals surface area contributed by atoms with Crippen molar-refractivity contribution in [3.8, 4) is 0 Å². The van der Waals surface area contributed by atoms with E-state index in [4.69, 9.17) is 0 Å². The molecule has 0 aliphatic carbocycles. The van der Waals surface area contributed by atoms with Crippen LogP contribution in [0.4, 0.5) is 4.39 Å². The molecule has 1 heterocycles.